The highest BCUT2D eigenvalue weighted by Crippen LogP contribution is 2.49. The third-order valence-electron chi connectivity index (χ3n) is 10.9. The molecule has 262 valence electrons. The van der Waals surface area contributed by atoms with Gasteiger partial charge in [-0.15, -0.1) is 0 Å². The molecule has 2 aromatic rings. The first-order valence-corrected chi connectivity index (χ1v) is 18.7. The van der Waals surface area contributed by atoms with E-state index < -0.39 is 44.8 Å². The molecule has 2 aliphatic heterocycles. The second-order valence-electron chi connectivity index (χ2n) is 14.7. The van der Waals surface area contributed by atoms with Crippen LogP contribution in [0.1, 0.15) is 78.1 Å². The molecule has 13 heteroatoms. The molecule has 3 heterocycles. The molecular formula is C35H47FN4O7S. The molecule has 1 aromatic carbocycles. The van der Waals surface area contributed by atoms with Gasteiger partial charge in [0, 0.05) is 29.7 Å². The maximum absolute atomic E-state index is 14.1. The summed E-state index contributed by atoms with van der Waals surface area (Å²) in [5, 5.41) is 4.56. The van der Waals surface area contributed by atoms with Crippen LogP contribution in [0.15, 0.2) is 30.5 Å². The Kier molecular flexibility index (Phi) is 9.63. The van der Waals surface area contributed by atoms with Crippen molar-refractivity contribution in [2.45, 2.75) is 94.4 Å². The van der Waals surface area contributed by atoms with Crippen LogP contribution in [0.3, 0.4) is 0 Å². The van der Waals surface area contributed by atoms with Crippen molar-refractivity contribution >= 4 is 38.5 Å². The maximum Gasteiger partial charge on any atom is 0.259 e. The van der Waals surface area contributed by atoms with E-state index in [1.54, 1.807) is 18.2 Å². The molecule has 11 nitrogen and oxygen atoms in total. The van der Waals surface area contributed by atoms with E-state index in [-0.39, 0.29) is 43.1 Å². The lowest BCUT2D eigenvalue weighted by molar-refractivity contribution is -0.140. The number of nitrogens with one attached hydrogen (secondary N) is 2. The summed E-state index contributed by atoms with van der Waals surface area (Å²) in [4.78, 5) is 47.6. The van der Waals surface area contributed by atoms with Gasteiger partial charge in [0.1, 0.15) is 28.8 Å². The molecule has 4 aliphatic rings. The molecule has 6 rings (SSSR count). The number of amides is 3. The number of alkyl halides is 1. The Hall–Kier alpha value is -3.48. The molecular weight excluding hydrogens is 639 g/mol. The lowest BCUT2D eigenvalue weighted by atomic mass is 9.90. The molecule has 0 bridgehead atoms. The molecule has 3 amide bonds. The van der Waals surface area contributed by atoms with Crippen molar-refractivity contribution in [2.75, 3.05) is 26.9 Å². The van der Waals surface area contributed by atoms with E-state index >= 15 is 0 Å². The molecule has 2 aliphatic carbocycles. The van der Waals surface area contributed by atoms with E-state index in [0.717, 1.165) is 36.5 Å². The molecule has 0 spiro atoms. The number of rotatable bonds is 8. The smallest absolute Gasteiger partial charge is 0.259 e. The zero-order valence-electron chi connectivity index (χ0n) is 28.0. The minimum atomic E-state index is -4.27. The first-order chi connectivity index (χ1) is 22.9. The lowest BCUT2D eigenvalue weighted by Crippen LogP contribution is -2.57. The van der Waals surface area contributed by atoms with Gasteiger partial charge in [0.05, 0.1) is 19.9 Å². The van der Waals surface area contributed by atoms with E-state index in [1.165, 1.54) is 0 Å². The number of hydrogen-bond acceptors (Lipinski definition) is 8. The molecule has 2 saturated heterocycles. The Bertz CT molecular complexity index is 1670. The summed E-state index contributed by atoms with van der Waals surface area (Å²) >= 11 is 0. The van der Waals surface area contributed by atoms with Gasteiger partial charge in [-0.2, -0.15) is 0 Å². The summed E-state index contributed by atoms with van der Waals surface area (Å²) < 4.78 is 52.0. The number of methoxy groups -OCH3 is 1. The second-order valence-corrected chi connectivity index (χ2v) is 16.8. The van der Waals surface area contributed by atoms with Crippen LogP contribution in [-0.2, 0) is 24.4 Å². The summed E-state index contributed by atoms with van der Waals surface area (Å²) in [5.41, 5.74) is -1.43. The van der Waals surface area contributed by atoms with Crippen LogP contribution in [0.25, 0.3) is 10.8 Å². The first kappa shape index (κ1) is 34.4. The van der Waals surface area contributed by atoms with E-state index in [0.29, 0.717) is 49.8 Å². The van der Waals surface area contributed by atoms with Crippen LogP contribution in [0, 0.1) is 23.7 Å². The van der Waals surface area contributed by atoms with Crippen molar-refractivity contribution in [1.82, 2.24) is 19.9 Å². The Morgan fingerprint density at radius 2 is 1.83 bits per heavy atom. The summed E-state index contributed by atoms with van der Waals surface area (Å²) in [7, 11) is -2.68. The van der Waals surface area contributed by atoms with E-state index in [9.17, 15) is 27.2 Å². The van der Waals surface area contributed by atoms with Crippen molar-refractivity contribution in [3.63, 3.8) is 0 Å². The minimum Gasteiger partial charge on any atom is -0.494 e. The first-order valence-electron chi connectivity index (χ1n) is 17.2. The fourth-order valence-corrected chi connectivity index (χ4v) is 9.20. The average Bonchev–Trinajstić information content (AvgIpc) is 3.96. The van der Waals surface area contributed by atoms with Crippen molar-refractivity contribution in [2.24, 2.45) is 23.7 Å². The largest absolute Gasteiger partial charge is 0.494 e. The van der Waals surface area contributed by atoms with Crippen LogP contribution in [0.2, 0.25) is 0 Å². The second kappa shape index (κ2) is 13.4. The van der Waals surface area contributed by atoms with Gasteiger partial charge in [0.15, 0.2) is 0 Å². The number of nitrogens with zero attached hydrogens (tertiary/aromatic N) is 2. The van der Waals surface area contributed by atoms with Crippen LogP contribution in [0.4, 0.5) is 4.39 Å². The number of carbonyl (C=O) groups excluding carboxylic acids is 3. The predicted octanol–water partition coefficient (Wildman–Crippen LogP) is 4.29. The molecule has 48 heavy (non-hydrogen) atoms. The van der Waals surface area contributed by atoms with Crippen LogP contribution in [-0.4, -0.2) is 79.3 Å². The number of benzene rings is 1. The highest BCUT2D eigenvalue weighted by atomic mass is 32.2. The number of sulfonamides is 1. The Labute approximate surface area is 281 Å². The van der Waals surface area contributed by atoms with Gasteiger partial charge >= 0.3 is 0 Å². The summed E-state index contributed by atoms with van der Waals surface area (Å²) in [6.45, 7) is 3.69. The van der Waals surface area contributed by atoms with Gasteiger partial charge < -0.3 is 19.7 Å². The summed E-state index contributed by atoms with van der Waals surface area (Å²) in [6, 6.07) is 6.75. The highest BCUT2D eigenvalue weighted by Gasteiger charge is 2.64. The highest BCUT2D eigenvalue weighted by molar-refractivity contribution is 7.91. The van der Waals surface area contributed by atoms with Crippen LogP contribution >= 0.6 is 0 Å². The Morgan fingerprint density at radius 3 is 2.54 bits per heavy atom. The molecule has 2 unspecified atom stereocenters. The van der Waals surface area contributed by atoms with Crippen molar-refractivity contribution in [3.8, 4) is 11.6 Å². The summed E-state index contributed by atoms with van der Waals surface area (Å²) in [5.74, 6) is -0.301. The predicted molar refractivity (Wildman–Crippen MR) is 177 cm³/mol. The normalized spacial score (nSPS) is 30.7. The zero-order valence-corrected chi connectivity index (χ0v) is 28.8. The Balaban J connectivity index is 1.23. The van der Waals surface area contributed by atoms with E-state index in [2.05, 4.69) is 28.9 Å². The molecule has 1 aromatic heterocycles. The minimum absolute atomic E-state index is 0.132. The topological polar surface area (TPSA) is 144 Å². The monoisotopic (exact) mass is 686 g/mol. The van der Waals surface area contributed by atoms with Gasteiger partial charge in [-0.05, 0) is 62.3 Å². The van der Waals surface area contributed by atoms with Crippen LogP contribution in [0.5, 0.6) is 11.6 Å². The molecule has 6 atom stereocenters. The van der Waals surface area contributed by atoms with E-state index in [1.807, 2.05) is 24.3 Å². The lowest BCUT2D eigenvalue weighted by Gasteiger charge is -2.28. The SMILES string of the molecule is COc1cnc(OCC2C[C@H]3C(=O)N[C@]4(C(=O)NS(=O)(=O)C5(CF)CC5)C[C@H]4CCCCC(C)C[C@@H](C)CC(=O)N3C2)c2ccccc12. The maximum atomic E-state index is 14.1. The zero-order chi connectivity index (χ0) is 34.3. The average molecular weight is 687 g/mol. The van der Waals surface area contributed by atoms with Crippen LogP contribution < -0.4 is 19.5 Å². The van der Waals surface area contributed by atoms with Gasteiger partial charge in [0.25, 0.3) is 5.91 Å². The summed E-state index contributed by atoms with van der Waals surface area (Å²) in [6.07, 6.45) is 7.07. The number of halogens is 1. The van der Waals surface area contributed by atoms with Crippen molar-refractivity contribution < 1.29 is 36.7 Å². The number of aromatic nitrogens is 1. The van der Waals surface area contributed by atoms with E-state index in [4.69, 9.17) is 9.47 Å². The quantitative estimate of drug-likeness (QED) is 0.419. The Morgan fingerprint density at radius 1 is 1.10 bits per heavy atom. The fourth-order valence-electron chi connectivity index (χ4n) is 7.77. The van der Waals surface area contributed by atoms with Crippen molar-refractivity contribution in [3.05, 3.63) is 30.5 Å². The van der Waals surface area contributed by atoms with Crippen molar-refractivity contribution in [1.29, 1.82) is 0 Å². The molecule has 0 radical (unpaired) electrons. The molecule has 2 N–H and O–H groups in total. The number of pyridine rings is 1. The third-order valence-corrected chi connectivity index (χ3v) is 13.1. The fraction of sp³-hybridized carbons (Fsp3) is 0.657. The van der Waals surface area contributed by atoms with Gasteiger partial charge in [0.2, 0.25) is 27.7 Å². The third kappa shape index (κ3) is 6.71. The standard InChI is InChI=1S/C35H47FN4O7S/c1-22-8-4-5-9-25-17-35(25,33(43)39-48(44,45)34(21-36)12-13-34)38-31(42)28-16-24(19-40(28)30(41)15-23(2)14-22)20-47-32-27-11-7-6-10-26(27)29(46-3)18-37-32/h6-7,10-11,18,22-25,28H,4-5,8-9,12-17,19-21H2,1-3H3,(H,38,42)(H,39,43)/t22?,23-,24?,25-,28+,35-/m1/s1. The van der Waals surface area contributed by atoms with Gasteiger partial charge in [-0.1, -0.05) is 51.3 Å². The number of ether oxygens (including phenoxy) is 2. The number of carbonyl (C=O) groups is 3. The molecule has 2 saturated carbocycles. The van der Waals surface area contributed by atoms with Gasteiger partial charge in [-0.3, -0.25) is 19.1 Å². The van der Waals surface area contributed by atoms with Gasteiger partial charge in [-0.25, -0.2) is 17.8 Å². The molecule has 4 fully saturated rings. The number of hydrogen-bond donors (Lipinski definition) is 2. The number of fused-ring (bicyclic) bond motifs is 3.